The Morgan fingerprint density at radius 1 is 1.28 bits per heavy atom. The molecule has 1 fully saturated rings. The quantitative estimate of drug-likeness (QED) is 0.444. The van der Waals surface area contributed by atoms with Gasteiger partial charge in [0.1, 0.15) is 5.92 Å². The fourth-order valence-electron chi connectivity index (χ4n) is 2.76. The van der Waals surface area contributed by atoms with E-state index in [1.54, 1.807) is 13.0 Å². The molecule has 2 aliphatic heterocycles. The Hall–Kier alpha value is -2.52. The zero-order chi connectivity index (χ0) is 18.3. The smallest absolute Gasteiger partial charge is 0.355 e. The molecule has 2 atom stereocenters. The van der Waals surface area contributed by atoms with Crippen molar-refractivity contribution in [2.24, 2.45) is 16.3 Å². The molecule has 130 valence electrons. The van der Waals surface area contributed by atoms with E-state index in [0.717, 1.165) is 4.90 Å². The van der Waals surface area contributed by atoms with Crippen LogP contribution < -0.4 is 4.90 Å². The Labute approximate surface area is 151 Å². The van der Waals surface area contributed by atoms with Crippen LogP contribution in [-0.4, -0.2) is 41.3 Å². The van der Waals surface area contributed by atoms with Crippen LogP contribution in [0.2, 0.25) is 10.0 Å². The minimum atomic E-state index is -1.38. The van der Waals surface area contributed by atoms with Crippen molar-refractivity contribution in [3.05, 3.63) is 33.2 Å². The summed E-state index contributed by atoms with van der Waals surface area (Å²) in [5.74, 6) is -3.83. The molecule has 2 aliphatic rings. The molecule has 0 spiro atoms. The molecular formula is C14H10Cl2N4O5. The maximum absolute atomic E-state index is 12.8. The highest BCUT2D eigenvalue weighted by molar-refractivity contribution is 6.48. The van der Waals surface area contributed by atoms with Gasteiger partial charge in [0, 0.05) is 0 Å². The molecule has 11 heteroatoms. The van der Waals surface area contributed by atoms with Gasteiger partial charge in [-0.25, -0.2) is 9.69 Å². The molecule has 2 heterocycles. The summed E-state index contributed by atoms with van der Waals surface area (Å²) in [6.07, 6.45) is 0. The first-order valence-corrected chi connectivity index (χ1v) is 7.87. The molecule has 1 saturated heterocycles. The molecule has 0 radical (unpaired) electrons. The Morgan fingerprint density at radius 3 is 2.48 bits per heavy atom. The third-order valence-electron chi connectivity index (χ3n) is 3.76. The zero-order valence-electron chi connectivity index (χ0n) is 12.7. The average Bonchev–Trinajstić information content (AvgIpc) is 3.07. The molecule has 1 aromatic carbocycles. The third kappa shape index (κ3) is 2.56. The van der Waals surface area contributed by atoms with Crippen molar-refractivity contribution < 1.29 is 19.1 Å². The van der Waals surface area contributed by atoms with Crippen LogP contribution in [-0.2, 0) is 19.1 Å². The highest BCUT2D eigenvalue weighted by Gasteiger charge is 2.60. The van der Waals surface area contributed by atoms with Gasteiger partial charge in [-0.2, -0.15) is 0 Å². The van der Waals surface area contributed by atoms with E-state index < -0.39 is 29.7 Å². The lowest BCUT2D eigenvalue weighted by Gasteiger charge is -2.19. The highest BCUT2D eigenvalue weighted by atomic mass is 35.5. The number of hydrazone groups is 1. The first kappa shape index (κ1) is 17.3. The van der Waals surface area contributed by atoms with Gasteiger partial charge in [0.2, 0.25) is 5.91 Å². The highest BCUT2D eigenvalue weighted by Crippen LogP contribution is 2.41. The Kier molecular flexibility index (Phi) is 4.44. The lowest BCUT2D eigenvalue weighted by atomic mass is 9.98. The second kappa shape index (κ2) is 6.41. The van der Waals surface area contributed by atoms with Gasteiger partial charge in [0.15, 0.2) is 11.8 Å². The summed E-state index contributed by atoms with van der Waals surface area (Å²) >= 11 is 12.1. The Bertz CT molecular complexity index is 807. The second-order valence-corrected chi connectivity index (χ2v) is 5.93. The number of para-hydroxylation sites is 1. The van der Waals surface area contributed by atoms with Crippen LogP contribution in [0.25, 0.3) is 0 Å². The number of halogens is 2. The van der Waals surface area contributed by atoms with E-state index in [-0.39, 0.29) is 28.1 Å². The van der Waals surface area contributed by atoms with Crippen LogP contribution in [0.1, 0.15) is 6.92 Å². The van der Waals surface area contributed by atoms with Crippen LogP contribution in [0.5, 0.6) is 0 Å². The summed E-state index contributed by atoms with van der Waals surface area (Å²) < 4.78 is 4.82. The van der Waals surface area contributed by atoms with E-state index in [2.05, 4.69) is 10.4 Å². The van der Waals surface area contributed by atoms with Gasteiger partial charge in [-0.1, -0.05) is 29.3 Å². The fourth-order valence-corrected chi connectivity index (χ4v) is 3.32. The minimum Gasteiger partial charge on any atom is -0.461 e. The van der Waals surface area contributed by atoms with E-state index in [9.17, 15) is 19.3 Å². The van der Waals surface area contributed by atoms with Crippen LogP contribution in [0, 0.1) is 10.8 Å². The molecule has 2 amide bonds. The predicted octanol–water partition coefficient (Wildman–Crippen LogP) is 1.77. The van der Waals surface area contributed by atoms with Crippen LogP contribution in [0.3, 0.4) is 0 Å². The number of esters is 1. The lowest BCUT2D eigenvalue weighted by Crippen LogP contribution is -2.37. The van der Waals surface area contributed by atoms with E-state index in [4.69, 9.17) is 27.9 Å². The van der Waals surface area contributed by atoms with Crippen molar-refractivity contribution in [3.8, 4) is 0 Å². The monoisotopic (exact) mass is 384 g/mol. The Balaban J connectivity index is 2.07. The number of benzene rings is 1. The summed E-state index contributed by atoms with van der Waals surface area (Å²) in [7, 11) is 0. The standard InChI is InChI=1S/C14H10Cl2N4O5/c1-2-25-14(23)9-8-11(20(17-9)18-24)13(22)19(12(8)21)10-6(15)4-3-5-7(10)16/h3-5,8,11H,2H2,1H3/t8-,11-/m0/s1. The molecule has 1 aromatic rings. The summed E-state index contributed by atoms with van der Waals surface area (Å²) in [4.78, 5) is 49.3. The number of anilines is 1. The largest absolute Gasteiger partial charge is 0.461 e. The van der Waals surface area contributed by atoms with Gasteiger partial charge in [0.25, 0.3) is 5.91 Å². The number of rotatable bonds is 4. The molecular weight excluding hydrogens is 375 g/mol. The number of hydrogen-bond donors (Lipinski definition) is 0. The van der Waals surface area contributed by atoms with E-state index in [1.165, 1.54) is 12.1 Å². The number of ether oxygens (including phenoxy) is 1. The van der Waals surface area contributed by atoms with Gasteiger partial charge < -0.3 is 4.74 Å². The summed E-state index contributed by atoms with van der Waals surface area (Å²) in [6.45, 7) is 1.60. The van der Waals surface area contributed by atoms with Crippen molar-refractivity contribution in [3.63, 3.8) is 0 Å². The topological polar surface area (TPSA) is 109 Å². The van der Waals surface area contributed by atoms with Crippen molar-refractivity contribution in [1.29, 1.82) is 0 Å². The van der Waals surface area contributed by atoms with Crippen molar-refractivity contribution >= 4 is 52.4 Å². The van der Waals surface area contributed by atoms with Crippen LogP contribution in [0.15, 0.2) is 28.6 Å². The summed E-state index contributed by atoms with van der Waals surface area (Å²) in [5, 5.41) is 6.87. The maximum atomic E-state index is 12.8. The van der Waals surface area contributed by atoms with Crippen LogP contribution >= 0.6 is 23.2 Å². The number of fused-ring (bicyclic) bond motifs is 1. The SMILES string of the molecule is CCOC(=O)C1=NN(N=O)[C@@H]2C(=O)N(c3c(Cl)cccc3Cl)C(=O)[C@@H]12. The average molecular weight is 385 g/mol. The number of imide groups is 1. The summed E-state index contributed by atoms with van der Waals surface area (Å²) in [5.41, 5.74) is -0.389. The zero-order valence-corrected chi connectivity index (χ0v) is 14.2. The van der Waals surface area contributed by atoms with Gasteiger partial charge in [-0.15, -0.1) is 15.1 Å². The number of carbonyl (C=O) groups excluding carboxylic acids is 3. The second-order valence-electron chi connectivity index (χ2n) is 5.11. The fraction of sp³-hybridized carbons (Fsp3) is 0.286. The molecule has 0 aromatic heterocycles. The number of nitroso groups, excluding NO2 is 1. The third-order valence-corrected chi connectivity index (χ3v) is 4.37. The number of carbonyl (C=O) groups is 3. The first-order chi connectivity index (χ1) is 11.9. The van der Waals surface area contributed by atoms with E-state index in [1.807, 2.05) is 0 Å². The van der Waals surface area contributed by atoms with Crippen molar-refractivity contribution in [1.82, 2.24) is 5.12 Å². The lowest BCUT2D eigenvalue weighted by molar-refractivity contribution is -0.136. The normalized spacial score (nSPS) is 22.1. The van der Waals surface area contributed by atoms with Gasteiger partial charge >= 0.3 is 5.97 Å². The molecule has 25 heavy (non-hydrogen) atoms. The molecule has 3 rings (SSSR count). The van der Waals surface area contributed by atoms with Gasteiger partial charge in [-0.05, 0) is 19.1 Å². The number of nitrogens with zero attached hydrogens (tertiary/aromatic N) is 4. The molecule has 0 saturated carbocycles. The molecule has 0 unspecified atom stereocenters. The predicted molar refractivity (Wildman–Crippen MR) is 87.9 cm³/mol. The van der Waals surface area contributed by atoms with Gasteiger partial charge in [-0.3, -0.25) is 9.59 Å². The van der Waals surface area contributed by atoms with E-state index in [0.29, 0.717) is 5.12 Å². The maximum Gasteiger partial charge on any atom is 0.355 e. The van der Waals surface area contributed by atoms with Crippen molar-refractivity contribution in [2.45, 2.75) is 13.0 Å². The molecule has 0 aliphatic carbocycles. The number of amides is 2. The molecule has 0 N–H and O–H groups in total. The summed E-state index contributed by atoms with van der Waals surface area (Å²) in [6, 6.07) is 3.07. The van der Waals surface area contributed by atoms with Crippen LogP contribution in [0.4, 0.5) is 5.69 Å². The first-order valence-electron chi connectivity index (χ1n) is 7.12. The molecule has 9 nitrogen and oxygen atoms in total. The molecule has 0 bridgehead atoms. The minimum absolute atomic E-state index is 0.0238. The van der Waals surface area contributed by atoms with Gasteiger partial charge in [0.05, 0.1) is 27.6 Å². The van der Waals surface area contributed by atoms with Crippen molar-refractivity contribution in [2.75, 3.05) is 11.5 Å². The Morgan fingerprint density at radius 2 is 1.92 bits per heavy atom. The number of hydrogen-bond acceptors (Lipinski definition) is 7. The van der Waals surface area contributed by atoms with E-state index >= 15 is 0 Å².